The standard InChI is InChI=1S/C16H23N7O2/c1-21(2)16-15(18-5-6-19-16)13-10-22(8-9-25-13)14(24)4-3-7-23-12-17-11-20-23/h5-6,11-13H,3-4,7-10H2,1-2H3/t13-/m1/s1. The number of amides is 1. The molecule has 25 heavy (non-hydrogen) atoms. The monoisotopic (exact) mass is 345 g/mol. The molecule has 3 rings (SSSR count). The van der Waals surface area contributed by atoms with E-state index in [1.54, 1.807) is 23.4 Å². The van der Waals surface area contributed by atoms with Crippen LogP contribution in [0.25, 0.3) is 0 Å². The minimum atomic E-state index is -0.251. The number of aryl methyl sites for hydroxylation is 1. The minimum absolute atomic E-state index is 0.128. The lowest BCUT2D eigenvalue weighted by molar-refractivity contribution is -0.139. The first-order chi connectivity index (χ1) is 12.1. The summed E-state index contributed by atoms with van der Waals surface area (Å²) in [5.74, 6) is 0.900. The van der Waals surface area contributed by atoms with Crippen molar-refractivity contribution in [1.29, 1.82) is 0 Å². The van der Waals surface area contributed by atoms with Crippen LogP contribution in [0, 0.1) is 0 Å². The average molecular weight is 345 g/mol. The van der Waals surface area contributed by atoms with Gasteiger partial charge in [0.05, 0.1) is 13.2 Å². The van der Waals surface area contributed by atoms with E-state index in [2.05, 4.69) is 20.1 Å². The highest BCUT2D eigenvalue weighted by Crippen LogP contribution is 2.26. The quantitative estimate of drug-likeness (QED) is 0.754. The average Bonchev–Trinajstić information content (AvgIpc) is 3.15. The van der Waals surface area contributed by atoms with Crippen LogP contribution in [0.2, 0.25) is 0 Å². The van der Waals surface area contributed by atoms with E-state index in [4.69, 9.17) is 4.74 Å². The first-order valence-corrected chi connectivity index (χ1v) is 8.35. The van der Waals surface area contributed by atoms with Crippen molar-refractivity contribution in [3.63, 3.8) is 0 Å². The second-order valence-corrected chi connectivity index (χ2v) is 6.12. The van der Waals surface area contributed by atoms with Crippen LogP contribution in [-0.4, -0.2) is 69.3 Å². The molecule has 9 nitrogen and oxygen atoms in total. The van der Waals surface area contributed by atoms with E-state index >= 15 is 0 Å². The lowest BCUT2D eigenvalue weighted by atomic mass is 10.1. The zero-order valence-corrected chi connectivity index (χ0v) is 14.6. The maximum atomic E-state index is 12.5. The third-order valence-electron chi connectivity index (χ3n) is 4.10. The van der Waals surface area contributed by atoms with E-state index in [0.29, 0.717) is 32.7 Å². The van der Waals surface area contributed by atoms with Crippen molar-refractivity contribution < 1.29 is 9.53 Å². The molecule has 2 aromatic rings. The summed E-state index contributed by atoms with van der Waals surface area (Å²) in [5.41, 5.74) is 0.771. The maximum Gasteiger partial charge on any atom is 0.222 e. The fourth-order valence-corrected chi connectivity index (χ4v) is 2.85. The van der Waals surface area contributed by atoms with Crippen molar-refractivity contribution in [1.82, 2.24) is 29.6 Å². The minimum Gasteiger partial charge on any atom is -0.368 e. The van der Waals surface area contributed by atoms with Gasteiger partial charge in [-0.05, 0) is 6.42 Å². The van der Waals surface area contributed by atoms with Gasteiger partial charge in [-0.3, -0.25) is 14.5 Å². The molecule has 1 aliphatic rings. The SMILES string of the molecule is CN(C)c1nccnc1[C@H]1CN(C(=O)CCCn2cncn2)CCO1. The third kappa shape index (κ3) is 4.30. The number of anilines is 1. The first-order valence-electron chi connectivity index (χ1n) is 8.35. The fourth-order valence-electron chi connectivity index (χ4n) is 2.85. The Morgan fingerprint density at radius 3 is 2.96 bits per heavy atom. The van der Waals surface area contributed by atoms with Gasteiger partial charge in [0.25, 0.3) is 0 Å². The van der Waals surface area contributed by atoms with E-state index in [9.17, 15) is 4.79 Å². The zero-order valence-electron chi connectivity index (χ0n) is 14.6. The Kier molecular flexibility index (Phi) is 5.54. The van der Waals surface area contributed by atoms with Crippen LogP contribution >= 0.6 is 0 Å². The molecule has 134 valence electrons. The van der Waals surface area contributed by atoms with Crippen LogP contribution in [0.3, 0.4) is 0 Å². The molecule has 0 aromatic carbocycles. The van der Waals surface area contributed by atoms with Gasteiger partial charge in [-0.15, -0.1) is 0 Å². The van der Waals surface area contributed by atoms with Gasteiger partial charge in [0.1, 0.15) is 24.5 Å². The molecular weight excluding hydrogens is 322 g/mol. The van der Waals surface area contributed by atoms with E-state index < -0.39 is 0 Å². The van der Waals surface area contributed by atoms with Gasteiger partial charge in [0.15, 0.2) is 5.82 Å². The second-order valence-electron chi connectivity index (χ2n) is 6.12. The maximum absolute atomic E-state index is 12.5. The predicted molar refractivity (Wildman–Crippen MR) is 90.9 cm³/mol. The van der Waals surface area contributed by atoms with Gasteiger partial charge < -0.3 is 14.5 Å². The number of carbonyl (C=O) groups excluding carboxylic acids is 1. The number of hydrogen-bond donors (Lipinski definition) is 0. The Hall–Kier alpha value is -2.55. The van der Waals surface area contributed by atoms with Gasteiger partial charge in [0, 0.05) is 46.0 Å². The molecule has 0 N–H and O–H groups in total. The van der Waals surface area contributed by atoms with Crippen molar-refractivity contribution in [2.75, 3.05) is 38.7 Å². The molecule has 0 spiro atoms. The van der Waals surface area contributed by atoms with E-state index in [1.165, 1.54) is 6.33 Å². The number of carbonyl (C=O) groups is 1. The Labute approximate surface area is 146 Å². The second kappa shape index (κ2) is 8.02. The van der Waals surface area contributed by atoms with E-state index in [1.807, 2.05) is 23.9 Å². The van der Waals surface area contributed by atoms with Gasteiger partial charge in [-0.2, -0.15) is 5.10 Å². The lowest BCUT2D eigenvalue weighted by Crippen LogP contribution is -2.42. The molecule has 0 saturated carbocycles. The predicted octanol–water partition coefficient (Wildman–Crippen LogP) is 0.514. The summed E-state index contributed by atoms with van der Waals surface area (Å²) in [5, 5.41) is 4.04. The third-order valence-corrected chi connectivity index (χ3v) is 4.10. The van der Waals surface area contributed by atoms with Crippen LogP contribution in [0.5, 0.6) is 0 Å². The van der Waals surface area contributed by atoms with Gasteiger partial charge in [-0.25, -0.2) is 9.97 Å². The van der Waals surface area contributed by atoms with Crippen LogP contribution in [0.4, 0.5) is 5.82 Å². The Bertz CT molecular complexity index is 690. The number of aromatic nitrogens is 5. The van der Waals surface area contributed by atoms with Crippen molar-refractivity contribution in [3.05, 3.63) is 30.7 Å². The van der Waals surface area contributed by atoms with Crippen molar-refractivity contribution >= 4 is 11.7 Å². The Morgan fingerprint density at radius 2 is 2.20 bits per heavy atom. The molecule has 1 aliphatic heterocycles. The number of hydrogen-bond acceptors (Lipinski definition) is 7. The van der Waals surface area contributed by atoms with Crippen LogP contribution in [-0.2, 0) is 16.1 Å². The zero-order chi connectivity index (χ0) is 17.6. The summed E-state index contributed by atoms with van der Waals surface area (Å²) >= 11 is 0. The summed E-state index contributed by atoms with van der Waals surface area (Å²) in [6, 6.07) is 0. The number of morpholine rings is 1. The number of nitrogens with zero attached hydrogens (tertiary/aromatic N) is 7. The molecule has 1 amide bonds. The highest BCUT2D eigenvalue weighted by atomic mass is 16.5. The first kappa shape index (κ1) is 17.3. The van der Waals surface area contributed by atoms with Crippen LogP contribution < -0.4 is 4.90 Å². The van der Waals surface area contributed by atoms with Crippen molar-refractivity contribution in [2.45, 2.75) is 25.5 Å². The normalized spacial score (nSPS) is 17.5. The summed E-state index contributed by atoms with van der Waals surface area (Å²) in [6.45, 7) is 2.30. The van der Waals surface area contributed by atoms with Gasteiger partial charge in [0.2, 0.25) is 5.91 Å². The molecule has 1 fully saturated rings. The van der Waals surface area contributed by atoms with Crippen molar-refractivity contribution in [2.24, 2.45) is 0 Å². The highest BCUT2D eigenvalue weighted by molar-refractivity contribution is 5.76. The summed E-state index contributed by atoms with van der Waals surface area (Å²) in [7, 11) is 3.84. The summed E-state index contributed by atoms with van der Waals surface area (Å²) in [4.78, 5) is 29.0. The fraction of sp³-hybridized carbons (Fsp3) is 0.562. The molecule has 0 bridgehead atoms. The van der Waals surface area contributed by atoms with Gasteiger partial charge in [-0.1, -0.05) is 0 Å². The number of rotatable bonds is 6. The van der Waals surface area contributed by atoms with Crippen LogP contribution in [0.1, 0.15) is 24.6 Å². The summed E-state index contributed by atoms with van der Waals surface area (Å²) < 4.78 is 7.59. The van der Waals surface area contributed by atoms with Gasteiger partial charge >= 0.3 is 0 Å². The molecule has 1 atom stereocenters. The molecule has 3 heterocycles. The smallest absolute Gasteiger partial charge is 0.222 e. The molecule has 2 aromatic heterocycles. The van der Waals surface area contributed by atoms with E-state index in [0.717, 1.165) is 17.9 Å². The number of ether oxygens (including phenoxy) is 1. The largest absolute Gasteiger partial charge is 0.368 e. The summed E-state index contributed by atoms with van der Waals surface area (Å²) in [6.07, 6.45) is 7.44. The lowest BCUT2D eigenvalue weighted by Gasteiger charge is -2.33. The van der Waals surface area contributed by atoms with E-state index in [-0.39, 0.29) is 12.0 Å². The molecule has 0 aliphatic carbocycles. The Balaban J connectivity index is 1.58. The van der Waals surface area contributed by atoms with Crippen molar-refractivity contribution in [3.8, 4) is 0 Å². The molecule has 0 radical (unpaired) electrons. The topological polar surface area (TPSA) is 89.3 Å². The molecule has 9 heteroatoms. The molecular formula is C16H23N7O2. The molecule has 0 unspecified atom stereocenters. The van der Waals surface area contributed by atoms with Crippen LogP contribution in [0.15, 0.2) is 25.0 Å². The molecule has 1 saturated heterocycles. The Morgan fingerprint density at radius 1 is 1.36 bits per heavy atom. The highest BCUT2D eigenvalue weighted by Gasteiger charge is 2.28.